The van der Waals surface area contributed by atoms with Gasteiger partial charge in [-0.3, -0.25) is 23.7 Å². The number of rotatable bonds is 4. The highest BCUT2D eigenvalue weighted by atomic mass is 32.2. The number of hydrogen-bond acceptors (Lipinski definition) is 8. The molecule has 0 spiro atoms. The Morgan fingerprint density at radius 2 is 1.91 bits per heavy atom. The van der Waals surface area contributed by atoms with E-state index in [0.717, 1.165) is 21.7 Å². The van der Waals surface area contributed by atoms with E-state index >= 15 is 0 Å². The molecule has 45 heavy (non-hydrogen) atoms. The van der Waals surface area contributed by atoms with E-state index in [2.05, 4.69) is 15.6 Å². The van der Waals surface area contributed by atoms with Crippen LogP contribution in [0.15, 0.2) is 67.0 Å². The lowest BCUT2D eigenvalue weighted by molar-refractivity contribution is -0.136. The zero-order valence-electron chi connectivity index (χ0n) is 25.3. The van der Waals surface area contributed by atoms with Gasteiger partial charge < -0.3 is 25.0 Å². The molecule has 13 heteroatoms. The van der Waals surface area contributed by atoms with Crippen molar-refractivity contribution in [3.8, 4) is 11.5 Å². The minimum absolute atomic E-state index is 0.149. The Hall–Kier alpha value is -4.49. The van der Waals surface area contributed by atoms with Gasteiger partial charge in [-0.05, 0) is 61.2 Å². The predicted molar refractivity (Wildman–Crippen MR) is 167 cm³/mol. The Kier molecular flexibility index (Phi) is 9.99. The van der Waals surface area contributed by atoms with Crippen LogP contribution in [0.4, 0.5) is 5.69 Å². The fourth-order valence-electron chi connectivity index (χ4n) is 5.37. The lowest BCUT2D eigenvalue weighted by Gasteiger charge is -2.39. The van der Waals surface area contributed by atoms with Crippen molar-refractivity contribution in [1.29, 1.82) is 0 Å². The minimum atomic E-state index is -3.74. The summed E-state index contributed by atoms with van der Waals surface area (Å²) in [5.41, 5.74) is 2.45. The fourth-order valence-corrected chi connectivity index (χ4v) is 6.21. The van der Waals surface area contributed by atoms with Gasteiger partial charge in [0.1, 0.15) is 18.0 Å². The summed E-state index contributed by atoms with van der Waals surface area (Å²) in [4.78, 5) is 44.8. The second-order valence-electron chi connectivity index (χ2n) is 11.3. The van der Waals surface area contributed by atoms with Crippen molar-refractivity contribution >= 4 is 33.4 Å². The topological polar surface area (TPSA) is 147 Å². The average Bonchev–Trinajstić information content (AvgIpc) is 3.00. The van der Waals surface area contributed by atoms with Crippen LogP contribution in [-0.2, 0) is 31.0 Å². The number of amides is 3. The molecule has 1 aromatic heterocycles. The van der Waals surface area contributed by atoms with Gasteiger partial charge in [-0.2, -0.15) is 0 Å². The summed E-state index contributed by atoms with van der Waals surface area (Å²) in [5, 5.41) is 5.82. The SMILES string of the molecule is Cc1cccc(N(CC(=O)N2CC[C@@H]3OCc4cccc(c4)Oc4cncc(c4)C(=O)NCCCC(=O)N[C@H]3C2)S(C)(=O)=O)c1. The Morgan fingerprint density at radius 3 is 2.71 bits per heavy atom. The lowest BCUT2D eigenvalue weighted by Crippen LogP contribution is -2.58. The van der Waals surface area contributed by atoms with Gasteiger partial charge in [-0.1, -0.05) is 24.3 Å². The van der Waals surface area contributed by atoms with Crippen LogP contribution < -0.4 is 19.7 Å². The number of likely N-dealkylation sites (tertiary alicyclic amines) is 1. The molecule has 2 N–H and O–H groups in total. The van der Waals surface area contributed by atoms with Crippen LogP contribution in [0.3, 0.4) is 0 Å². The normalized spacial score (nSPS) is 19.6. The van der Waals surface area contributed by atoms with E-state index in [1.807, 2.05) is 31.2 Å². The number of sulfonamides is 1. The quantitative estimate of drug-likeness (QED) is 0.445. The van der Waals surface area contributed by atoms with Crippen molar-refractivity contribution in [2.75, 3.05) is 36.7 Å². The number of aryl methyl sites for hydroxylation is 1. The van der Waals surface area contributed by atoms with Gasteiger partial charge in [-0.25, -0.2) is 8.42 Å². The van der Waals surface area contributed by atoms with E-state index in [1.165, 1.54) is 12.4 Å². The van der Waals surface area contributed by atoms with Gasteiger partial charge in [0.05, 0.1) is 42.5 Å². The summed E-state index contributed by atoms with van der Waals surface area (Å²) in [6, 6.07) is 15.4. The van der Waals surface area contributed by atoms with Crippen molar-refractivity contribution in [2.24, 2.45) is 0 Å². The molecular formula is C32H37N5O7S. The third kappa shape index (κ3) is 8.58. The summed E-state index contributed by atoms with van der Waals surface area (Å²) in [6.45, 7) is 2.48. The summed E-state index contributed by atoms with van der Waals surface area (Å²) in [7, 11) is -3.74. The number of carbonyl (C=O) groups is 3. The molecule has 1 fully saturated rings. The summed E-state index contributed by atoms with van der Waals surface area (Å²) in [6.07, 6.45) is 4.63. The Labute approximate surface area is 262 Å². The Bertz CT molecular complexity index is 1660. The van der Waals surface area contributed by atoms with Crippen molar-refractivity contribution in [2.45, 2.75) is 44.9 Å². The van der Waals surface area contributed by atoms with E-state index < -0.39 is 22.2 Å². The number of aromatic nitrogens is 1. The largest absolute Gasteiger partial charge is 0.456 e. The van der Waals surface area contributed by atoms with Crippen molar-refractivity contribution < 1.29 is 32.3 Å². The number of nitrogens with one attached hydrogen (secondary N) is 2. The van der Waals surface area contributed by atoms with Crippen LogP contribution in [0.5, 0.6) is 11.5 Å². The molecule has 0 saturated carbocycles. The summed E-state index contributed by atoms with van der Waals surface area (Å²) < 4.78 is 38.7. The zero-order chi connectivity index (χ0) is 32.0. The second kappa shape index (κ2) is 14.1. The number of pyridine rings is 1. The van der Waals surface area contributed by atoms with E-state index in [0.29, 0.717) is 42.1 Å². The van der Waals surface area contributed by atoms with Gasteiger partial charge >= 0.3 is 0 Å². The summed E-state index contributed by atoms with van der Waals surface area (Å²) in [5.74, 6) is 0.0159. The minimum Gasteiger partial charge on any atom is -0.456 e. The molecule has 12 nitrogen and oxygen atoms in total. The first-order chi connectivity index (χ1) is 21.5. The monoisotopic (exact) mass is 635 g/mol. The molecule has 3 heterocycles. The third-order valence-electron chi connectivity index (χ3n) is 7.66. The predicted octanol–water partition coefficient (Wildman–Crippen LogP) is 2.77. The maximum atomic E-state index is 13.5. The van der Waals surface area contributed by atoms with Crippen LogP contribution in [0.1, 0.15) is 40.7 Å². The van der Waals surface area contributed by atoms with E-state index in [-0.39, 0.29) is 50.4 Å². The molecule has 5 rings (SSSR count). The molecule has 0 aliphatic carbocycles. The van der Waals surface area contributed by atoms with E-state index in [9.17, 15) is 22.8 Å². The number of piperidine rings is 1. The zero-order valence-corrected chi connectivity index (χ0v) is 26.1. The van der Waals surface area contributed by atoms with Crippen LogP contribution in [-0.4, -0.2) is 80.6 Å². The molecule has 2 aliphatic rings. The first-order valence-electron chi connectivity index (χ1n) is 14.8. The van der Waals surface area contributed by atoms with Crippen LogP contribution >= 0.6 is 0 Å². The molecule has 2 aromatic carbocycles. The van der Waals surface area contributed by atoms with Crippen LogP contribution in [0.25, 0.3) is 0 Å². The second-order valence-corrected chi connectivity index (χ2v) is 13.2. The smallest absolute Gasteiger partial charge is 0.252 e. The number of benzene rings is 2. The summed E-state index contributed by atoms with van der Waals surface area (Å²) >= 11 is 0. The highest BCUT2D eigenvalue weighted by molar-refractivity contribution is 7.92. The third-order valence-corrected chi connectivity index (χ3v) is 8.80. The first kappa shape index (κ1) is 31.9. The average molecular weight is 636 g/mol. The van der Waals surface area contributed by atoms with Gasteiger partial charge in [-0.15, -0.1) is 0 Å². The maximum Gasteiger partial charge on any atom is 0.252 e. The number of fused-ring (bicyclic) bond motifs is 5. The van der Waals surface area contributed by atoms with Crippen molar-refractivity contribution in [3.63, 3.8) is 0 Å². The number of hydrogen-bond donors (Lipinski definition) is 2. The van der Waals surface area contributed by atoms with Crippen LogP contribution in [0, 0.1) is 6.92 Å². The fraction of sp³-hybridized carbons (Fsp3) is 0.375. The Balaban J connectivity index is 1.32. The number of ether oxygens (including phenoxy) is 2. The maximum absolute atomic E-state index is 13.5. The molecular weight excluding hydrogens is 598 g/mol. The van der Waals surface area contributed by atoms with Crippen molar-refractivity contribution in [3.05, 3.63) is 83.7 Å². The van der Waals surface area contributed by atoms with E-state index in [4.69, 9.17) is 9.47 Å². The molecule has 4 bridgehead atoms. The highest BCUT2D eigenvalue weighted by Crippen LogP contribution is 2.25. The van der Waals surface area contributed by atoms with Crippen molar-refractivity contribution in [1.82, 2.24) is 20.5 Å². The highest BCUT2D eigenvalue weighted by Gasteiger charge is 2.34. The molecule has 2 atom stereocenters. The molecule has 2 aliphatic heterocycles. The molecule has 0 unspecified atom stereocenters. The standard InChI is InChI=1S/C32H37N5O7S/c1-22-6-3-8-25(14-22)37(45(2,41)42)20-31(39)36-13-11-29-28(19-36)35-30(38)10-5-12-34-32(40)24-16-27(18-33-17-24)44-26-9-4-7-23(15-26)21-43-29/h3-4,6-9,14-18,28-29H,5,10-13,19-21H2,1-2H3,(H,34,40)(H,35,38)/t28-,29-/m0/s1. The molecule has 3 aromatic rings. The van der Waals surface area contributed by atoms with E-state index in [1.54, 1.807) is 35.2 Å². The van der Waals surface area contributed by atoms with Gasteiger partial charge in [0, 0.05) is 32.3 Å². The number of anilines is 1. The van der Waals surface area contributed by atoms with Gasteiger partial charge in [0.2, 0.25) is 21.8 Å². The lowest BCUT2D eigenvalue weighted by atomic mass is 10.0. The number of carbonyl (C=O) groups excluding carboxylic acids is 3. The van der Waals surface area contributed by atoms with Gasteiger partial charge in [0.25, 0.3) is 5.91 Å². The molecule has 1 saturated heterocycles. The molecule has 238 valence electrons. The Morgan fingerprint density at radius 1 is 1.09 bits per heavy atom. The number of nitrogens with zero attached hydrogens (tertiary/aromatic N) is 3. The molecule has 0 radical (unpaired) electrons. The molecule has 3 amide bonds. The van der Waals surface area contributed by atoms with Crippen LogP contribution in [0.2, 0.25) is 0 Å². The van der Waals surface area contributed by atoms with Gasteiger partial charge in [0.15, 0.2) is 0 Å². The first-order valence-corrected chi connectivity index (χ1v) is 16.6.